The van der Waals surface area contributed by atoms with Gasteiger partial charge in [0.15, 0.2) is 5.78 Å². The molecule has 1 aliphatic rings. The maximum absolute atomic E-state index is 12.0. The second-order valence-electron chi connectivity index (χ2n) is 4.49. The molecule has 2 nitrogen and oxygen atoms in total. The number of hydrogen-bond donors (Lipinski definition) is 1. The smallest absolute Gasteiger partial charge is 0.164 e. The second-order valence-corrected chi connectivity index (χ2v) is 4.49. The lowest BCUT2D eigenvalue weighted by molar-refractivity contribution is 0.0968. The fraction of sp³-hybridized carbons (Fsp3) is 0.500. The maximum Gasteiger partial charge on any atom is 0.164 e. The van der Waals surface area contributed by atoms with Crippen LogP contribution in [0.4, 0.5) is 0 Å². The summed E-state index contributed by atoms with van der Waals surface area (Å²) in [6.45, 7) is 1.06. The number of nitrogens with one attached hydrogen (secondary N) is 1. The molecular formula is C14H19NO. The summed E-state index contributed by atoms with van der Waals surface area (Å²) < 4.78 is 0. The van der Waals surface area contributed by atoms with Crippen LogP contribution in [0.5, 0.6) is 0 Å². The van der Waals surface area contributed by atoms with Gasteiger partial charge in [-0.1, -0.05) is 43.2 Å². The average molecular weight is 217 g/mol. The molecule has 1 saturated heterocycles. The van der Waals surface area contributed by atoms with Crippen LogP contribution in [-0.2, 0) is 0 Å². The lowest BCUT2D eigenvalue weighted by Gasteiger charge is -2.14. The molecule has 1 heterocycles. The first kappa shape index (κ1) is 11.3. The molecule has 1 aromatic rings. The minimum Gasteiger partial charge on any atom is -0.314 e. The monoisotopic (exact) mass is 217 g/mol. The first-order valence-corrected chi connectivity index (χ1v) is 6.18. The largest absolute Gasteiger partial charge is 0.314 e. The van der Waals surface area contributed by atoms with Gasteiger partial charge in [-0.05, 0) is 19.4 Å². The Morgan fingerprint density at radius 2 is 2.00 bits per heavy atom. The lowest BCUT2D eigenvalue weighted by Crippen LogP contribution is -2.30. The van der Waals surface area contributed by atoms with Gasteiger partial charge in [-0.3, -0.25) is 4.79 Å². The summed E-state index contributed by atoms with van der Waals surface area (Å²) in [6, 6.07) is 9.98. The van der Waals surface area contributed by atoms with Gasteiger partial charge in [-0.2, -0.15) is 0 Å². The number of carbonyl (C=O) groups excluding carboxylic acids is 1. The number of benzene rings is 1. The average Bonchev–Trinajstić information content (AvgIpc) is 2.59. The number of carbonyl (C=O) groups is 1. The van der Waals surface area contributed by atoms with Crippen LogP contribution in [0.3, 0.4) is 0 Å². The Morgan fingerprint density at radius 1 is 1.19 bits per heavy atom. The summed E-state index contributed by atoms with van der Waals surface area (Å²) in [6.07, 6.45) is 5.57. The van der Waals surface area contributed by atoms with Gasteiger partial charge in [0.05, 0.1) is 0 Å². The minimum absolute atomic E-state index is 0.264. The number of hydrogen-bond acceptors (Lipinski definition) is 2. The molecule has 0 amide bonds. The Bertz CT molecular complexity index is 326. The summed E-state index contributed by atoms with van der Waals surface area (Å²) in [5.41, 5.74) is 0.841. The predicted octanol–water partition coefficient (Wildman–Crippen LogP) is 2.79. The van der Waals surface area contributed by atoms with Crippen molar-refractivity contribution in [1.82, 2.24) is 5.32 Å². The minimum atomic E-state index is 0.264. The highest BCUT2D eigenvalue weighted by Gasteiger charge is 2.16. The third-order valence-corrected chi connectivity index (χ3v) is 3.19. The zero-order valence-corrected chi connectivity index (χ0v) is 9.61. The molecule has 0 unspecified atom stereocenters. The highest BCUT2D eigenvalue weighted by molar-refractivity contribution is 5.96. The van der Waals surface area contributed by atoms with Gasteiger partial charge >= 0.3 is 0 Å². The van der Waals surface area contributed by atoms with E-state index in [1.165, 1.54) is 19.3 Å². The fourth-order valence-corrected chi connectivity index (χ4v) is 2.24. The molecule has 0 radical (unpaired) electrons. The first-order chi connectivity index (χ1) is 7.86. The molecule has 86 valence electrons. The number of rotatable bonds is 3. The van der Waals surface area contributed by atoms with Gasteiger partial charge in [0.25, 0.3) is 0 Å². The van der Waals surface area contributed by atoms with Crippen LogP contribution in [0, 0.1) is 0 Å². The molecule has 2 rings (SSSR count). The highest BCUT2D eigenvalue weighted by atomic mass is 16.1. The Kier molecular flexibility index (Phi) is 4.11. The Hall–Kier alpha value is -1.15. The predicted molar refractivity (Wildman–Crippen MR) is 65.6 cm³/mol. The molecule has 1 N–H and O–H groups in total. The summed E-state index contributed by atoms with van der Waals surface area (Å²) >= 11 is 0. The van der Waals surface area contributed by atoms with Crippen molar-refractivity contribution in [2.45, 2.75) is 38.1 Å². The van der Waals surface area contributed by atoms with Gasteiger partial charge < -0.3 is 5.32 Å². The van der Waals surface area contributed by atoms with E-state index in [0.29, 0.717) is 12.5 Å². The first-order valence-electron chi connectivity index (χ1n) is 6.18. The van der Waals surface area contributed by atoms with Crippen LogP contribution in [0.25, 0.3) is 0 Å². The van der Waals surface area contributed by atoms with E-state index in [9.17, 15) is 4.79 Å². The molecule has 0 saturated carbocycles. The van der Waals surface area contributed by atoms with Crippen molar-refractivity contribution in [2.75, 3.05) is 6.54 Å². The van der Waals surface area contributed by atoms with Gasteiger partial charge in [0, 0.05) is 18.0 Å². The van der Waals surface area contributed by atoms with E-state index in [-0.39, 0.29) is 5.78 Å². The number of ketones is 1. The van der Waals surface area contributed by atoms with Crippen molar-refractivity contribution in [2.24, 2.45) is 0 Å². The molecule has 1 aromatic carbocycles. The Balaban J connectivity index is 1.91. The molecule has 0 spiro atoms. The molecule has 1 aliphatic heterocycles. The van der Waals surface area contributed by atoms with Crippen molar-refractivity contribution >= 4 is 5.78 Å². The van der Waals surface area contributed by atoms with Crippen LogP contribution in [-0.4, -0.2) is 18.4 Å². The molecular weight excluding hydrogens is 198 g/mol. The van der Waals surface area contributed by atoms with E-state index in [0.717, 1.165) is 18.5 Å². The summed E-state index contributed by atoms with van der Waals surface area (Å²) in [5.74, 6) is 0.264. The van der Waals surface area contributed by atoms with Gasteiger partial charge in [-0.25, -0.2) is 0 Å². The van der Waals surface area contributed by atoms with E-state index in [1.54, 1.807) is 0 Å². The standard InChI is InChI=1S/C14H19NO/c16-14(12-7-3-1-4-8-12)11-13-9-5-2-6-10-15-13/h1,3-4,7-8,13,15H,2,5-6,9-11H2/t13-/m0/s1. The molecule has 16 heavy (non-hydrogen) atoms. The molecule has 0 bridgehead atoms. The van der Waals surface area contributed by atoms with Crippen LogP contribution in [0.15, 0.2) is 30.3 Å². The summed E-state index contributed by atoms with van der Waals surface area (Å²) in [7, 11) is 0. The van der Waals surface area contributed by atoms with Gasteiger partial charge in [0.1, 0.15) is 0 Å². The zero-order valence-electron chi connectivity index (χ0n) is 9.61. The highest BCUT2D eigenvalue weighted by Crippen LogP contribution is 2.13. The normalized spacial score (nSPS) is 21.4. The van der Waals surface area contributed by atoms with Crippen LogP contribution >= 0.6 is 0 Å². The van der Waals surface area contributed by atoms with Crippen molar-refractivity contribution in [3.8, 4) is 0 Å². The fourth-order valence-electron chi connectivity index (χ4n) is 2.24. The van der Waals surface area contributed by atoms with Crippen LogP contribution in [0.2, 0.25) is 0 Å². The van der Waals surface area contributed by atoms with Crippen molar-refractivity contribution in [3.05, 3.63) is 35.9 Å². The maximum atomic E-state index is 12.0. The zero-order chi connectivity index (χ0) is 11.2. The SMILES string of the molecule is O=C(C[C@@H]1CCCCCN1)c1ccccc1. The quantitative estimate of drug-likeness (QED) is 0.789. The molecule has 1 fully saturated rings. The van der Waals surface area contributed by atoms with Crippen molar-refractivity contribution in [3.63, 3.8) is 0 Å². The van der Waals surface area contributed by atoms with E-state index in [4.69, 9.17) is 0 Å². The van der Waals surface area contributed by atoms with E-state index >= 15 is 0 Å². The molecule has 0 aromatic heterocycles. The second kappa shape index (κ2) is 5.80. The molecule has 1 atom stereocenters. The summed E-state index contributed by atoms with van der Waals surface area (Å²) in [4.78, 5) is 12.0. The van der Waals surface area contributed by atoms with Crippen molar-refractivity contribution in [1.29, 1.82) is 0 Å². The third-order valence-electron chi connectivity index (χ3n) is 3.19. The van der Waals surface area contributed by atoms with E-state index in [1.807, 2.05) is 30.3 Å². The van der Waals surface area contributed by atoms with Crippen LogP contribution in [0.1, 0.15) is 42.5 Å². The van der Waals surface area contributed by atoms with Gasteiger partial charge in [0.2, 0.25) is 0 Å². The topological polar surface area (TPSA) is 29.1 Å². The van der Waals surface area contributed by atoms with Gasteiger partial charge in [-0.15, -0.1) is 0 Å². The lowest BCUT2D eigenvalue weighted by atomic mass is 10.0. The number of Topliss-reactive ketones (excluding diaryl/α,β-unsaturated/α-hetero) is 1. The van der Waals surface area contributed by atoms with E-state index in [2.05, 4.69) is 5.32 Å². The van der Waals surface area contributed by atoms with Crippen LogP contribution < -0.4 is 5.32 Å². The molecule has 2 heteroatoms. The van der Waals surface area contributed by atoms with Crippen molar-refractivity contribution < 1.29 is 4.79 Å². The van der Waals surface area contributed by atoms with E-state index < -0.39 is 0 Å². The molecule has 0 aliphatic carbocycles. The summed E-state index contributed by atoms with van der Waals surface area (Å²) in [5, 5.41) is 3.46. The third kappa shape index (κ3) is 3.17. The Labute approximate surface area is 97.1 Å². The Morgan fingerprint density at radius 3 is 2.81 bits per heavy atom.